The summed E-state index contributed by atoms with van der Waals surface area (Å²) in [5, 5.41) is 15.9. The van der Waals surface area contributed by atoms with Crippen LogP contribution in [-0.4, -0.2) is 54.1 Å². The zero-order valence-corrected chi connectivity index (χ0v) is 18.3. The molecule has 0 spiro atoms. The first-order valence-electron chi connectivity index (χ1n) is 11.0. The topological polar surface area (TPSA) is 111 Å². The molecule has 0 saturated carbocycles. The fourth-order valence-corrected chi connectivity index (χ4v) is 4.54. The molecule has 34 heavy (non-hydrogen) atoms. The lowest BCUT2D eigenvalue weighted by Crippen LogP contribution is -2.21. The molecule has 1 N–H and O–H groups in total. The maximum absolute atomic E-state index is 13.5. The summed E-state index contributed by atoms with van der Waals surface area (Å²) in [5.74, 6) is -0.140. The van der Waals surface area contributed by atoms with Crippen molar-refractivity contribution in [2.75, 3.05) is 23.3 Å². The van der Waals surface area contributed by atoms with Crippen LogP contribution >= 0.6 is 0 Å². The van der Waals surface area contributed by atoms with Gasteiger partial charge in [-0.05, 0) is 49.4 Å². The highest BCUT2D eigenvalue weighted by Gasteiger charge is 2.28. The molecule has 1 fully saturated rings. The van der Waals surface area contributed by atoms with Crippen molar-refractivity contribution in [2.45, 2.75) is 38.3 Å². The third-order valence-electron chi connectivity index (χ3n) is 6.25. The van der Waals surface area contributed by atoms with Crippen LogP contribution < -0.4 is 10.2 Å². The quantitative estimate of drug-likeness (QED) is 0.476. The maximum atomic E-state index is 13.5. The van der Waals surface area contributed by atoms with E-state index in [1.54, 1.807) is 18.7 Å². The average molecular weight is 465 g/mol. The summed E-state index contributed by atoms with van der Waals surface area (Å²) in [6.45, 7) is 3.36. The molecule has 1 unspecified atom stereocenters. The van der Waals surface area contributed by atoms with E-state index in [2.05, 4.69) is 35.6 Å². The van der Waals surface area contributed by atoms with Crippen molar-refractivity contribution in [3.8, 4) is 11.5 Å². The minimum atomic E-state index is -0.822. The van der Waals surface area contributed by atoms with E-state index in [0.717, 1.165) is 29.9 Å². The van der Waals surface area contributed by atoms with Crippen LogP contribution in [0.2, 0.25) is 0 Å². The predicted octanol–water partition coefficient (Wildman–Crippen LogP) is 2.74. The lowest BCUT2D eigenvalue weighted by molar-refractivity contribution is 0.486. The first-order valence-corrected chi connectivity index (χ1v) is 11.0. The van der Waals surface area contributed by atoms with Gasteiger partial charge in [-0.3, -0.25) is 0 Å². The smallest absolute Gasteiger partial charge is 0.318 e. The Hall–Kier alpha value is -3.96. The van der Waals surface area contributed by atoms with Crippen molar-refractivity contribution in [1.82, 2.24) is 34.9 Å². The van der Waals surface area contributed by atoms with Crippen molar-refractivity contribution in [3.05, 3.63) is 59.4 Å². The molecule has 1 atom stereocenters. The van der Waals surface area contributed by atoms with Gasteiger partial charge in [-0.25, -0.2) is 28.4 Å². The molecule has 1 aliphatic carbocycles. The van der Waals surface area contributed by atoms with Gasteiger partial charge >= 0.3 is 6.01 Å². The Morgan fingerprint density at radius 3 is 2.44 bits per heavy atom. The summed E-state index contributed by atoms with van der Waals surface area (Å²) in [7, 11) is 0. The minimum Gasteiger partial charge on any atom is -0.403 e. The molecule has 1 aromatic carbocycles. The number of rotatable bonds is 5. The molecule has 4 aromatic rings. The average Bonchev–Trinajstić information content (AvgIpc) is 3.61. The van der Waals surface area contributed by atoms with Crippen LogP contribution in [0.15, 0.2) is 35.3 Å². The Morgan fingerprint density at radius 2 is 1.76 bits per heavy atom. The van der Waals surface area contributed by atoms with E-state index in [4.69, 9.17) is 4.42 Å². The van der Waals surface area contributed by atoms with Crippen LogP contribution in [0.4, 0.5) is 20.7 Å². The van der Waals surface area contributed by atoms with Crippen LogP contribution in [-0.2, 0) is 12.8 Å². The van der Waals surface area contributed by atoms with E-state index in [1.807, 2.05) is 16.5 Å². The van der Waals surface area contributed by atoms with Crippen molar-refractivity contribution in [2.24, 2.45) is 0 Å². The van der Waals surface area contributed by atoms with Gasteiger partial charge in [-0.1, -0.05) is 5.10 Å². The van der Waals surface area contributed by atoms with Gasteiger partial charge in [-0.15, -0.1) is 5.10 Å². The standard InChI is InChI=1S/C22H21F2N9O/c1-12-27-11-33(31-12)17-2-3-32(10-17)22-30-29-20(34-22)15-8-25-21(26-9-15)28-16-4-13-6-18(23)19(24)7-14(13)5-16/h6-9,11,16-17H,2-5,10H2,1H3,(H,25,26,28). The van der Waals surface area contributed by atoms with Gasteiger partial charge in [0.2, 0.25) is 5.95 Å². The minimum absolute atomic E-state index is 0.0334. The van der Waals surface area contributed by atoms with Crippen LogP contribution in [0, 0.1) is 18.6 Å². The lowest BCUT2D eigenvalue weighted by Gasteiger charge is -2.13. The van der Waals surface area contributed by atoms with Gasteiger partial charge in [0, 0.05) is 31.5 Å². The second-order valence-corrected chi connectivity index (χ2v) is 8.63. The van der Waals surface area contributed by atoms with Crippen molar-refractivity contribution < 1.29 is 13.2 Å². The number of halogens is 2. The molecule has 3 aromatic heterocycles. The van der Waals surface area contributed by atoms with Crippen molar-refractivity contribution in [3.63, 3.8) is 0 Å². The summed E-state index contributed by atoms with van der Waals surface area (Å²) < 4.78 is 34.7. The summed E-state index contributed by atoms with van der Waals surface area (Å²) in [6, 6.07) is 3.14. The summed E-state index contributed by atoms with van der Waals surface area (Å²) >= 11 is 0. The van der Waals surface area contributed by atoms with Crippen LogP contribution in [0.5, 0.6) is 0 Å². The molecule has 2 aliphatic rings. The number of nitrogens with zero attached hydrogens (tertiary/aromatic N) is 8. The maximum Gasteiger partial charge on any atom is 0.318 e. The molecule has 4 heterocycles. The SMILES string of the molecule is Cc1ncn(C2CCN(c3nnc(-c4cnc(NC5Cc6cc(F)c(F)cc6C5)nc4)o3)C2)n1. The van der Waals surface area contributed by atoms with Gasteiger partial charge in [0.15, 0.2) is 11.6 Å². The van der Waals surface area contributed by atoms with Crippen LogP contribution in [0.25, 0.3) is 11.5 Å². The molecule has 0 amide bonds. The van der Waals surface area contributed by atoms with E-state index in [1.165, 1.54) is 12.1 Å². The Balaban J connectivity index is 1.09. The highest BCUT2D eigenvalue weighted by Crippen LogP contribution is 2.29. The molecule has 1 aliphatic heterocycles. The van der Waals surface area contributed by atoms with Gasteiger partial charge < -0.3 is 14.6 Å². The third-order valence-corrected chi connectivity index (χ3v) is 6.25. The van der Waals surface area contributed by atoms with Gasteiger partial charge in [0.1, 0.15) is 12.2 Å². The normalized spacial score (nSPS) is 18.0. The fourth-order valence-electron chi connectivity index (χ4n) is 4.54. The highest BCUT2D eigenvalue weighted by molar-refractivity contribution is 5.52. The van der Waals surface area contributed by atoms with E-state index in [0.29, 0.717) is 42.8 Å². The van der Waals surface area contributed by atoms with Gasteiger partial charge in [-0.2, -0.15) is 5.10 Å². The zero-order chi connectivity index (χ0) is 23.2. The monoisotopic (exact) mass is 465 g/mol. The zero-order valence-electron chi connectivity index (χ0n) is 18.3. The summed E-state index contributed by atoms with van der Waals surface area (Å²) in [5.41, 5.74) is 2.20. The molecular formula is C22H21F2N9O. The second-order valence-electron chi connectivity index (χ2n) is 8.63. The number of aromatic nitrogens is 7. The number of fused-ring (bicyclic) bond motifs is 1. The lowest BCUT2D eigenvalue weighted by atomic mass is 10.1. The van der Waals surface area contributed by atoms with Gasteiger partial charge in [0.05, 0.1) is 11.6 Å². The number of anilines is 2. The third kappa shape index (κ3) is 3.84. The van der Waals surface area contributed by atoms with Crippen molar-refractivity contribution >= 4 is 12.0 Å². The predicted molar refractivity (Wildman–Crippen MR) is 117 cm³/mol. The Morgan fingerprint density at radius 1 is 1.03 bits per heavy atom. The molecular weight excluding hydrogens is 444 g/mol. The first-order chi connectivity index (χ1) is 16.5. The molecule has 0 bridgehead atoms. The Labute approximate surface area is 193 Å². The van der Waals surface area contributed by atoms with Gasteiger partial charge in [0.25, 0.3) is 5.89 Å². The van der Waals surface area contributed by atoms with E-state index >= 15 is 0 Å². The van der Waals surface area contributed by atoms with Crippen LogP contribution in [0.1, 0.15) is 29.4 Å². The van der Waals surface area contributed by atoms with E-state index < -0.39 is 11.6 Å². The van der Waals surface area contributed by atoms with E-state index in [9.17, 15) is 8.78 Å². The number of aryl methyl sites for hydroxylation is 1. The van der Waals surface area contributed by atoms with Crippen molar-refractivity contribution in [1.29, 1.82) is 0 Å². The molecule has 174 valence electrons. The largest absolute Gasteiger partial charge is 0.403 e. The fraction of sp³-hybridized carbons (Fsp3) is 0.364. The number of benzene rings is 1. The first kappa shape index (κ1) is 20.6. The Bertz CT molecular complexity index is 1310. The van der Waals surface area contributed by atoms with E-state index in [-0.39, 0.29) is 12.1 Å². The number of hydrogen-bond donors (Lipinski definition) is 1. The highest BCUT2D eigenvalue weighted by atomic mass is 19.2. The molecule has 12 heteroatoms. The summed E-state index contributed by atoms with van der Waals surface area (Å²) in [4.78, 5) is 14.9. The second kappa shape index (κ2) is 8.12. The number of nitrogens with one attached hydrogen (secondary N) is 1. The molecule has 10 nitrogen and oxygen atoms in total. The molecule has 6 rings (SSSR count). The Kier molecular flexibility index (Phi) is 4.93. The number of hydrogen-bond acceptors (Lipinski definition) is 9. The molecule has 1 saturated heterocycles. The van der Waals surface area contributed by atoms with Crippen LogP contribution in [0.3, 0.4) is 0 Å². The summed E-state index contributed by atoms with van der Waals surface area (Å²) in [6.07, 6.45) is 7.04. The molecule has 0 radical (unpaired) electrons.